The SMILES string of the molecule is C1C2CC3C4CC5CC(C14)C(C2)C3C5.C=CC(=O)OC. The van der Waals surface area contributed by atoms with Gasteiger partial charge < -0.3 is 4.74 Å². The van der Waals surface area contributed by atoms with Gasteiger partial charge >= 0.3 is 5.97 Å². The zero-order valence-electron chi connectivity index (χ0n) is 12.5. The van der Waals surface area contributed by atoms with Crippen LogP contribution in [-0.2, 0) is 9.53 Å². The zero-order chi connectivity index (χ0) is 13.9. The second-order valence-corrected chi connectivity index (χ2v) is 7.86. The maximum atomic E-state index is 9.84. The molecule has 0 spiro atoms. The van der Waals surface area contributed by atoms with E-state index in [1.165, 1.54) is 54.5 Å². The first kappa shape index (κ1) is 12.9. The molecule has 7 aliphatic rings. The summed E-state index contributed by atoms with van der Waals surface area (Å²) in [5.74, 6) is 9.35. The van der Waals surface area contributed by atoms with Crippen LogP contribution in [0.5, 0.6) is 0 Å². The maximum Gasteiger partial charge on any atom is 0.329 e. The van der Waals surface area contributed by atoms with Crippen LogP contribution in [0.15, 0.2) is 12.7 Å². The van der Waals surface area contributed by atoms with Crippen molar-refractivity contribution in [3.05, 3.63) is 12.7 Å². The standard InChI is InChI=1S/C14H20.C4H6O2/c1-7-2-12-10-4-8-5-11(9(1)10)13(3-7)14(12)6-8;1-3-4(5)6-2/h7-14H,1-6H2;3H,1H2,2H3. The van der Waals surface area contributed by atoms with Crippen LogP contribution in [-0.4, -0.2) is 13.1 Å². The molecule has 7 aliphatic carbocycles. The third-order valence-corrected chi connectivity index (χ3v) is 7.30. The Hall–Kier alpha value is -0.790. The van der Waals surface area contributed by atoms with Crippen LogP contribution in [0.4, 0.5) is 0 Å². The number of methoxy groups -OCH3 is 1. The fourth-order valence-electron chi connectivity index (χ4n) is 6.97. The molecule has 7 fully saturated rings. The largest absolute Gasteiger partial charge is 0.466 e. The van der Waals surface area contributed by atoms with E-state index in [0.717, 1.165) is 6.08 Å². The molecule has 8 bridgehead atoms. The Morgan fingerprint density at radius 2 is 1.15 bits per heavy atom. The molecule has 20 heavy (non-hydrogen) atoms. The molecular formula is C18H26O2. The number of rotatable bonds is 1. The normalized spacial score (nSPS) is 52.5. The van der Waals surface area contributed by atoms with Crippen molar-refractivity contribution in [2.75, 3.05) is 7.11 Å². The van der Waals surface area contributed by atoms with Crippen LogP contribution < -0.4 is 0 Å². The third-order valence-electron chi connectivity index (χ3n) is 7.30. The molecule has 7 rings (SSSR count). The Morgan fingerprint density at radius 1 is 0.850 bits per heavy atom. The summed E-state index contributed by atoms with van der Waals surface area (Å²) in [6.45, 7) is 3.16. The van der Waals surface area contributed by atoms with Gasteiger partial charge in [-0.05, 0) is 85.9 Å². The summed E-state index contributed by atoms with van der Waals surface area (Å²) in [7, 11) is 1.31. The van der Waals surface area contributed by atoms with E-state index in [1.54, 1.807) is 38.5 Å². The summed E-state index contributed by atoms with van der Waals surface area (Å²) >= 11 is 0. The highest BCUT2D eigenvalue weighted by molar-refractivity contribution is 5.80. The minimum Gasteiger partial charge on any atom is -0.466 e. The maximum absolute atomic E-state index is 9.84. The van der Waals surface area contributed by atoms with E-state index >= 15 is 0 Å². The van der Waals surface area contributed by atoms with Gasteiger partial charge in [0.15, 0.2) is 0 Å². The fourth-order valence-corrected chi connectivity index (χ4v) is 6.97. The highest BCUT2D eigenvalue weighted by Gasteiger charge is 2.63. The predicted molar refractivity (Wildman–Crippen MR) is 77.8 cm³/mol. The lowest BCUT2D eigenvalue weighted by atomic mass is 9.36. The lowest BCUT2D eigenvalue weighted by Crippen LogP contribution is -2.62. The highest BCUT2D eigenvalue weighted by atomic mass is 16.5. The van der Waals surface area contributed by atoms with Crippen LogP contribution >= 0.6 is 0 Å². The molecule has 110 valence electrons. The first-order valence-corrected chi connectivity index (χ1v) is 8.41. The molecule has 0 amide bonds. The van der Waals surface area contributed by atoms with E-state index < -0.39 is 5.97 Å². The van der Waals surface area contributed by atoms with Gasteiger partial charge in [0.2, 0.25) is 0 Å². The summed E-state index contributed by atoms with van der Waals surface area (Å²) in [6.07, 6.45) is 11.0. The number of carbonyl (C=O) groups excluding carboxylic acids is 1. The van der Waals surface area contributed by atoms with E-state index in [4.69, 9.17) is 0 Å². The van der Waals surface area contributed by atoms with Crippen LogP contribution in [0.2, 0.25) is 0 Å². The molecule has 0 unspecified atom stereocenters. The van der Waals surface area contributed by atoms with E-state index in [-0.39, 0.29) is 0 Å². The van der Waals surface area contributed by atoms with E-state index in [0.29, 0.717) is 0 Å². The van der Waals surface area contributed by atoms with E-state index in [9.17, 15) is 4.79 Å². The van der Waals surface area contributed by atoms with Gasteiger partial charge in [-0.2, -0.15) is 0 Å². The lowest BCUT2D eigenvalue weighted by Gasteiger charge is -2.69. The van der Waals surface area contributed by atoms with Crippen molar-refractivity contribution in [1.29, 1.82) is 0 Å². The number of hydrogen-bond acceptors (Lipinski definition) is 2. The molecule has 0 aliphatic heterocycles. The molecule has 0 heterocycles. The summed E-state index contributed by atoms with van der Waals surface area (Å²) in [6, 6.07) is 0. The molecule has 2 nitrogen and oxygen atoms in total. The fraction of sp³-hybridized carbons (Fsp3) is 0.833. The molecule has 0 N–H and O–H groups in total. The molecule has 0 aromatic carbocycles. The van der Waals surface area contributed by atoms with E-state index in [2.05, 4.69) is 11.3 Å². The Morgan fingerprint density at radius 3 is 1.30 bits per heavy atom. The highest BCUT2D eigenvalue weighted by Crippen LogP contribution is 2.71. The molecule has 0 atom stereocenters. The molecule has 0 aromatic rings. The average molecular weight is 274 g/mol. The molecule has 0 aromatic heterocycles. The van der Waals surface area contributed by atoms with Gasteiger partial charge in [-0.15, -0.1) is 0 Å². The van der Waals surface area contributed by atoms with Gasteiger partial charge in [-0.25, -0.2) is 4.79 Å². The monoisotopic (exact) mass is 274 g/mol. The van der Waals surface area contributed by atoms with Gasteiger partial charge in [-0.1, -0.05) is 6.58 Å². The van der Waals surface area contributed by atoms with Crippen molar-refractivity contribution >= 4 is 5.97 Å². The number of ether oxygens (including phenoxy) is 1. The predicted octanol–water partition coefficient (Wildman–Crippen LogP) is 3.67. The van der Waals surface area contributed by atoms with Gasteiger partial charge in [-0.3, -0.25) is 0 Å². The Kier molecular flexibility index (Phi) is 2.98. The van der Waals surface area contributed by atoms with Gasteiger partial charge in [0.05, 0.1) is 7.11 Å². The smallest absolute Gasteiger partial charge is 0.329 e. The van der Waals surface area contributed by atoms with Gasteiger partial charge in [0.25, 0.3) is 0 Å². The molecular weight excluding hydrogens is 248 g/mol. The zero-order valence-corrected chi connectivity index (χ0v) is 12.5. The van der Waals surface area contributed by atoms with Crippen molar-refractivity contribution < 1.29 is 9.53 Å². The first-order chi connectivity index (χ1) is 9.71. The van der Waals surface area contributed by atoms with Crippen molar-refractivity contribution in [3.63, 3.8) is 0 Å². The summed E-state index contributed by atoms with van der Waals surface area (Å²) in [5.41, 5.74) is 0. The molecule has 7 saturated carbocycles. The minimum atomic E-state index is -0.394. The van der Waals surface area contributed by atoms with Crippen molar-refractivity contribution in [2.24, 2.45) is 47.3 Å². The number of esters is 1. The summed E-state index contributed by atoms with van der Waals surface area (Å²) in [4.78, 5) is 9.84. The minimum absolute atomic E-state index is 0.394. The lowest BCUT2D eigenvalue weighted by molar-refractivity contribution is -0.202. The second-order valence-electron chi connectivity index (χ2n) is 7.86. The quantitative estimate of drug-likeness (QED) is 0.538. The summed E-state index contributed by atoms with van der Waals surface area (Å²) in [5, 5.41) is 0. The third kappa shape index (κ3) is 1.72. The molecule has 2 heteroatoms. The Labute approximate surface area is 122 Å². The van der Waals surface area contributed by atoms with Crippen LogP contribution in [0, 0.1) is 47.3 Å². The first-order valence-electron chi connectivity index (χ1n) is 8.41. The Balaban J connectivity index is 0.000000154. The molecule has 0 saturated heterocycles. The van der Waals surface area contributed by atoms with Gasteiger partial charge in [0, 0.05) is 6.08 Å². The van der Waals surface area contributed by atoms with Crippen molar-refractivity contribution in [2.45, 2.75) is 38.5 Å². The topological polar surface area (TPSA) is 26.3 Å². The molecule has 0 radical (unpaired) electrons. The van der Waals surface area contributed by atoms with Gasteiger partial charge in [0.1, 0.15) is 0 Å². The number of carbonyl (C=O) groups is 1. The van der Waals surface area contributed by atoms with Crippen LogP contribution in [0.1, 0.15) is 38.5 Å². The van der Waals surface area contributed by atoms with Crippen molar-refractivity contribution in [3.8, 4) is 0 Å². The van der Waals surface area contributed by atoms with E-state index in [1.807, 2.05) is 0 Å². The average Bonchev–Trinajstić information content (AvgIpc) is 2.51. The van der Waals surface area contributed by atoms with Crippen molar-refractivity contribution in [1.82, 2.24) is 0 Å². The summed E-state index contributed by atoms with van der Waals surface area (Å²) < 4.78 is 4.14. The van der Waals surface area contributed by atoms with Crippen LogP contribution in [0.25, 0.3) is 0 Å². The Bertz CT molecular complexity index is 340. The van der Waals surface area contributed by atoms with Crippen LogP contribution in [0.3, 0.4) is 0 Å². The number of hydrogen-bond donors (Lipinski definition) is 0. The second kappa shape index (κ2) is 4.61.